The van der Waals surface area contributed by atoms with Gasteiger partial charge < -0.3 is 14.9 Å². The molecule has 3 aliphatic rings. The van der Waals surface area contributed by atoms with Crippen molar-refractivity contribution in [2.75, 3.05) is 46.5 Å². The molecule has 0 bridgehead atoms. The molecule has 1 aliphatic carbocycles. The molecule has 1 spiro atoms. The summed E-state index contributed by atoms with van der Waals surface area (Å²) < 4.78 is 56.3. The maximum atomic E-state index is 13.7. The largest absolute Gasteiger partial charge is 0.392 e. The van der Waals surface area contributed by atoms with Crippen molar-refractivity contribution in [1.29, 1.82) is 0 Å². The van der Waals surface area contributed by atoms with E-state index >= 15 is 0 Å². The van der Waals surface area contributed by atoms with E-state index in [2.05, 4.69) is 19.9 Å². The Kier molecular flexibility index (Phi) is 7.13. The summed E-state index contributed by atoms with van der Waals surface area (Å²) in [6.07, 6.45) is 6.02. The van der Waals surface area contributed by atoms with Gasteiger partial charge in [-0.2, -0.15) is 0 Å². The van der Waals surface area contributed by atoms with Gasteiger partial charge in [-0.05, 0) is 73.9 Å². The van der Waals surface area contributed by atoms with E-state index in [-0.39, 0.29) is 38.3 Å². The number of benzene rings is 1. The van der Waals surface area contributed by atoms with Crippen LogP contribution in [0, 0.1) is 5.41 Å². The molecule has 2 aromatic heterocycles. The van der Waals surface area contributed by atoms with Crippen LogP contribution in [0.25, 0.3) is 17.1 Å². The molecule has 0 atom stereocenters. The fourth-order valence-corrected chi connectivity index (χ4v) is 6.33. The lowest BCUT2D eigenvalue weighted by Gasteiger charge is -2.35. The number of aromatic nitrogens is 4. The van der Waals surface area contributed by atoms with Crippen molar-refractivity contribution in [2.24, 2.45) is 5.41 Å². The third kappa shape index (κ3) is 6.01. The molecule has 0 unspecified atom stereocenters. The van der Waals surface area contributed by atoms with Gasteiger partial charge in [-0.1, -0.05) is 5.21 Å². The molecule has 4 heterocycles. The number of hydrogen-bond donors (Lipinski definition) is 2. The van der Waals surface area contributed by atoms with Crippen molar-refractivity contribution < 1.29 is 22.3 Å². The van der Waals surface area contributed by atoms with Gasteiger partial charge in [0, 0.05) is 39.0 Å². The van der Waals surface area contributed by atoms with Gasteiger partial charge in [0.1, 0.15) is 11.5 Å². The predicted molar refractivity (Wildman–Crippen MR) is 153 cm³/mol. The molecule has 2 N–H and O–H groups in total. The second-order valence-electron chi connectivity index (χ2n) is 11.5. The second-order valence-corrected chi connectivity index (χ2v) is 13.5. The quantitative estimate of drug-likeness (QED) is 0.403. The number of pyridine rings is 1. The summed E-state index contributed by atoms with van der Waals surface area (Å²) in [6, 6.07) is 8.84. The predicted octanol–water partition coefficient (Wildman–Crippen LogP) is 4.20. The van der Waals surface area contributed by atoms with Crippen LogP contribution in [0.3, 0.4) is 0 Å². The summed E-state index contributed by atoms with van der Waals surface area (Å²) in [5, 5.41) is 18.6. The zero-order valence-electron chi connectivity index (χ0n) is 23.1. The third-order valence-corrected chi connectivity index (χ3v) is 9.93. The first-order valence-corrected chi connectivity index (χ1v) is 15.8. The monoisotopic (exact) mass is 587 g/mol. The smallest absolute Gasteiger partial charge is 0.251 e. The second kappa shape index (κ2) is 10.5. The van der Waals surface area contributed by atoms with Crippen LogP contribution in [0.15, 0.2) is 36.5 Å². The first kappa shape index (κ1) is 27.8. The van der Waals surface area contributed by atoms with E-state index in [1.807, 2.05) is 17.0 Å². The molecule has 2 aliphatic heterocycles. The minimum atomic E-state index is -3.44. The fourth-order valence-electron chi connectivity index (χ4n) is 5.70. The van der Waals surface area contributed by atoms with Gasteiger partial charge in [0.25, 0.3) is 5.92 Å². The molecule has 1 aromatic carbocycles. The van der Waals surface area contributed by atoms with Crippen molar-refractivity contribution in [1.82, 2.24) is 20.0 Å². The number of nitrogens with zero attached hydrogens (tertiary/aromatic N) is 6. The SMILES string of the molecule is CCS(=O)(=O)Nc1ccc(-n2cc(-c3cc(CO)cc(N4CCC(F)(F)CC4)n3)nn2)c(N2CCC3(CC2)CC3)c1. The fraction of sp³-hybridized carbons (Fsp3) is 0.536. The molecule has 6 rings (SSSR count). The van der Waals surface area contributed by atoms with E-state index < -0.39 is 15.9 Å². The van der Waals surface area contributed by atoms with E-state index in [0.29, 0.717) is 33.9 Å². The molecular formula is C28H35F2N7O3S. The number of nitrogens with one attached hydrogen (secondary N) is 1. The summed E-state index contributed by atoms with van der Waals surface area (Å²) in [5.41, 5.74) is 4.15. The van der Waals surface area contributed by atoms with Crippen molar-refractivity contribution in [3.05, 3.63) is 42.1 Å². The van der Waals surface area contributed by atoms with E-state index in [1.165, 1.54) is 12.8 Å². The van der Waals surface area contributed by atoms with Crippen LogP contribution >= 0.6 is 0 Å². The molecule has 41 heavy (non-hydrogen) atoms. The van der Waals surface area contributed by atoms with Crippen LogP contribution in [0.2, 0.25) is 0 Å². The zero-order valence-corrected chi connectivity index (χ0v) is 23.9. The van der Waals surface area contributed by atoms with Gasteiger partial charge >= 0.3 is 0 Å². The molecule has 3 aromatic rings. The van der Waals surface area contributed by atoms with Crippen LogP contribution in [0.5, 0.6) is 0 Å². The normalized spacial score (nSPS) is 19.9. The average molecular weight is 588 g/mol. The maximum absolute atomic E-state index is 13.7. The highest BCUT2D eigenvalue weighted by atomic mass is 32.2. The van der Waals surface area contributed by atoms with E-state index in [4.69, 9.17) is 4.98 Å². The Morgan fingerprint density at radius 3 is 2.29 bits per heavy atom. The van der Waals surface area contributed by atoms with Gasteiger partial charge in [0.2, 0.25) is 10.0 Å². The maximum Gasteiger partial charge on any atom is 0.251 e. The van der Waals surface area contributed by atoms with E-state index in [0.717, 1.165) is 37.3 Å². The Labute approximate surface area is 238 Å². The Morgan fingerprint density at radius 1 is 0.927 bits per heavy atom. The van der Waals surface area contributed by atoms with Crippen molar-refractivity contribution in [2.45, 2.75) is 58.0 Å². The van der Waals surface area contributed by atoms with Gasteiger partial charge in [-0.3, -0.25) is 4.72 Å². The lowest BCUT2D eigenvalue weighted by Crippen LogP contribution is -2.39. The van der Waals surface area contributed by atoms with Crippen molar-refractivity contribution in [3.8, 4) is 17.1 Å². The number of anilines is 3. The number of sulfonamides is 1. The highest BCUT2D eigenvalue weighted by Crippen LogP contribution is 2.54. The Hall–Kier alpha value is -3.32. The number of alkyl halides is 2. The standard InChI is InChI=1S/C28H35F2N7O3S/c1-2-41(39,40)33-21-3-4-24(25(17-21)35-11-7-27(5-6-27)8-12-35)37-18-23(32-34-37)22-15-20(19-38)16-26(31-22)36-13-9-28(29,30)10-14-36/h3-4,15-18,33,38H,2,5-14,19H2,1H3. The summed E-state index contributed by atoms with van der Waals surface area (Å²) >= 11 is 0. The molecular weight excluding hydrogens is 552 g/mol. The van der Waals surface area contributed by atoms with Crippen LogP contribution in [0.4, 0.5) is 26.0 Å². The Balaban J connectivity index is 1.32. The van der Waals surface area contributed by atoms with Crippen LogP contribution in [0.1, 0.15) is 51.0 Å². The topological polar surface area (TPSA) is 116 Å². The summed E-state index contributed by atoms with van der Waals surface area (Å²) in [4.78, 5) is 8.78. The summed E-state index contributed by atoms with van der Waals surface area (Å²) in [5.74, 6) is -2.18. The van der Waals surface area contributed by atoms with Gasteiger partial charge in [-0.25, -0.2) is 26.9 Å². The molecule has 3 fully saturated rings. The molecule has 0 radical (unpaired) electrons. The molecule has 0 amide bonds. The molecule has 220 valence electrons. The van der Waals surface area contributed by atoms with Crippen molar-refractivity contribution in [3.63, 3.8) is 0 Å². The summed E-state index contributed by atoms with van der Waals surface area (Å²) in [7, 11) is -3.44. The van der Waals surface area contributed by atoms with Gasteiger partial charge in [0.05, 0.1) is 41.3 Å². The molecule has 10 nitrogen and oxygen atoms in total. The summed E-state index contributed by atoms with van der Waals surface area (Å²) in [6.45, 7) is 3.47. The highest BCUT2D eigenvalue weighted by molar-refractivity contribution is 7.92. The number of rotatable bonds is 8. The van der Waals surface area contributed by atoms with Crippen molar-refractivity contribution >= 4 is 27.2 Å². The minimum Gasteiger partial charge on any atom is -0.392 e. The molecule has 1 saturated carbocycles. The molecule has 2 saturated heterocycles. The van der Waals surface area contributed by atoms with Crippen LogP contribution in [-0.2, 0) is 16.6 Å². The lowest BCUT2D eigenvalue weighted by atomic mass is 9.93. The number of hydrogen-bond acceptors (Lipinski definition) is 8. The third-order valence-electron chi connectivity index (χ3n) is 8.63. The average Bonchev–Trinajstić information content (AvgIpc) is 3.53. The first-order chi connectivity index (χ1) is 19.6. The highest BCUT2D eigenvalue weighted by Gasteiger charge is 2.44. The van der Waals surface area contributed by atoms with Crippen LogP contribution < -0.4 is 14.5 Å². The van der Waals surface area contributed by atoms with Crippen LogP contribution in [-0.4, -0.2) is 71.4 Å². The van der Waals surface area contributed by atoms with Gasteiger partial charge in [-0.15, -0.1) is 5.10 Å². The number of halogens is 2. The molecule has 13 heteroatoms. The van der Waals surface area contributed by atoms with E-state index in [1.54, 1.807) is 36.0 Å². The van der Waals surface area contributed by atoms with E-state index in [9.17, 15) is 22.3 Å². The lowest BCUT2D eigenvalue weighted by molar-refractivity contribution is -0.0221. The minimum absolute atomic E-state index is 0.0233. The Morgan fingerprint density at radius 2 is 1.63 bits per heavy atom. The Bertz CT molecular complexity index is 1520. The number of aliphatic hydroxyl groups excluding tert-OH is 1. The zero-order chi connectivity index (χ0) is 28.8. The number of piperidine rings is 2. The first-order valence-electron chi connectivity index (χ1n) is 14.1. The number of aliphatic hydroxyl groups is 1. The van der Waals surface area contributed by atoms with Gasteiger partial charge in [0.15, 0.2) is 0 Å².